The molecule has 18 heavy (non-hydrogen) atoms. The largest absolute Gasteiger partial charge is 0.508 e. The summed E-state index contributed by atoms with van der Waals surface area (Å²) in [6.45, 7) is 0.492. The van der Waals surface area contributed by atoms with Crippen LogP contribution in [0.2, 0.25) is 0 Å². The molecule has 0 spiro atoms. The molecule has 0 saturated heterocycles. The van der Waals surface area contributed by atoms with Crippen LogP contribution in [-0.4, -0.2) is 22.0 Å². The molecule has 5 nitrogen and oxygen atoms in total. The molecule has 0 aliphatic carbocycles. The minimum absolute atomic E-state index is 0.258. The maximum Gasteiger partial charge on any atom is 0.213 e. The van der Waals surface area contributed by atoms with Crippen LogP contribution in [0.5, 0.6) is 11.6 Å². The van der Waals surface area contributed by atoms with E-state index < -0.39 is 0 Å². The molecule has 2 rings (SSSR count). The van der Waals surface area contributed by atoms with Gasteiger partial charge >= 0.3 is 0 Å². The van der Waals surface area contributed by atoms with Crippen molar-refractivity contribution in [2.24, 2.45) is 7.05 Å². The highest BCUT2D eigenvalue weighted by Crippen LogP contribution is 2.23. The van der Waals surface area contributed by atoms with Crippen LogP contribution in [0.1, 0.15) is 5.56 Å². The van der Waals surface area contributed by atoms with E-state index in [-0.39, 0.29) is 5.75 Å². The Bertz CT molecular complexity index is 554. The topological polar surface area (TPSA) is 59.3 Å². The third-order valence-corrected chi connectivity index (χ3v) is 3.04. The Morgan fingerprint density at radius 2 is 2.22 bits per heavy atom. The Kier molecular flexibility index (Phi) is 3.76. The number of anilines is 1. The second-order valence-electron chi connectivity index (χ2n) is 3.82. The highest BCUT2D eigenvalue weighted by atomic mass is 79.9. The predicted molar refractivity (Wildman–Crippen MR) is 72.9 cm³/mol. The summed E-state index contributed by atoms with van der Waals surface area (Å²) >= 11 is 3.37. The van der Waals surface area contributed by atoms with Crippen molar-refractivity contribution < 1.29 is 9.84 Å². The number of rotatable bonds is 4. The van der Waals surface area contributed by atoms with Gasteiger partial charge in [0.1, 0.15) is 5.75 Å². The van der Waals surface area contributed by atoms with E-state index in [2.05, 4.69) is 26.3 Å². The third-order valence-electron chi connectivity index (χ3n) is 2.55. The number of aromatic hydroxyl groups is 1. The normalized spacial score (nSPS) is 10.4. The van der Waals surface area contributed by atoms with Gasteiger partial charge in [0.25, 0.3) is 0 Å². The van der Waals surface area contributed by atoms with E-state index in [1.807, 2.05) is 6.07 Å². The smallest absolute Gasteiger partial charge is 0.213 e. The minimum atomic E-state index is 0.258. The first kappa shape index (κ1) is 12.8. The van der Waals surface area contributed by atoms with Crippen molar-refractivity contribution in [3.8, 4) is 11.6 Å². The van der Waals surface area contributed by atoms with Gasteiger partial charge < -0.3 is 15.2 Å². The Balaban J connectivity index is 2.08. The van der Waals surface area contributed by atoms with Gasteiger partial charge in [-0.1, -0.05) is 15.9 Å². The molecular weight excluding hydrogens is 298 g/mol. The Morgan fingerprint density at radius 3 is 2.89 bits per heavy atom. The summed E-state index contributed by atoms with van der Waals surface area (Å²) in [6, 6.07) is 7.11. The molecule has 0 aliphatic heterocycles. The highest BCUT2D eigenvalue weighted by Gasteiger charge is 2.06. The maximum atomic E-state index is 9.71. The van der Waals surface area contributed by atoms with Crippen LogP contribution in [0.4, 0.5) is 5.82 Å². The van der Waals surface area contributed by atoms with Crippen LogP contribution in [0.25, 0.3) is 0 Å². The quantitative estimate of drug-likeness (QED) is 0.911. The SMILES string of the molecule is COc1cc(NCc2cc(Br)ccc2O)nn1C. The number of hydrogen-bond acceptors (Lipinski definition) is 4. The summed E-state index contributed by atoms with van der Waals surface area (Å²) in [7, 11) is 3.40. The number of ether oxygens (including phenoxy) is 1. The number of halogens is 1. The zero-order valence-electron chi connectivity index (χ0n) is 10.1. The fourth-order valence-corrected chi connectivity index (χ4v) is 2.02. The molecule has 96 valence electrons. The van der Waals surface area contributed by atoms with Crippen molar-refractivity contribution >= 4 is 21.7 Å². The monoisotopic (exact) mass is 311 g/mol. The lowest BCUT2D eigenvalue weighted by molar-refractivity contribution is 0.373. The van der Waals surface area contributed by atoms with Crippen LogP contribution in [0.15, 0.2) is 28.7 Å². The van der Waals surface area contributed by atoms with Crippen LogP contribution in [-0.2, 0) is 13.6 Å². The summed E-state index contributed by atoms with van der Waals surface area (Å²) in [5, 5.41) is 17.1. The molecule has 0 unspecified atom stereocenters. The van der Waals surface area contributed by atoms with Gasteiger partial charge in [-0.25, -0.2) is 4.68 Å². The van der Waals surface area contributed by atoms with E-state index >= 15 is 0 Å². The number of methoxy groups -OCH3 is 1. The van der Waals surface area contributed by atoms with E-state index in [9.17, 15) is 5.11 Å². The molecule has 6 heteroatoms. The average molecular weight is 312 g/mol. The Hall–Kier alpha value is -1.69. The zero-order valence-corrected chi connectivity index (χ0v) is 11.7. The summed E-state index contributed by atoms with van der Waals surface area (Å²) in [4.78, 5) is 0. The van der Waals surface area contributed by atoms with Gasteiger partial charge in [-0.15, -0.1) is 0 Å². The molecular formula is C12H14BrN3O2. The van der Waals surface area contributed by atoms with Gasteiger partial charge in [-0.2, -0.15) is 5.10 Å². The van der Waals surface area contributed by atoms with E-state index in [4.69, 9.17) is 4.74 Å². The average Bonchev–Trinajstić information content (AvgIpc) is 2.71. The van der Waals surface area contributed by atoms with Crippen molar-refractivity contribution in [3.63, 3.8) is 0 Å². The second kappa shape index (κ2) is 5.30. The van der Waals surface area contributed by atoms with Crippen LogP contribution < -0.4 is 10.1 Å². The molecule has 1 heterocycles. The minimum Gasteiger partial charge on any atom is -0.508 e. The standard InChI is InChI=1S/C12H14BrN3O2/c1-16-12(18-2)6-11(15-16)14-7-8-5-9(13)3-4-10(8)17/h3-6,17H,7H2,1-2H3,(H,14,15). The molecule has 0 saturated carbocycles. The van der Waals surface area contributed by atoms with Crippen molar-refractivity contribution in [1.82, 2.24) is 9.78 Å². The fraction of sp³-hybridized carbons (Fsp3) is 0.250. The van der Waals surface area contributed by atoms with E-state index in [1.54, 1.807) is 37.0 Å². The number of benzene rings is 1. The number of nitrogens with zero attached hydrogens (tertiary/aromatic N) is 2. The molecule has 1 aromatic carbocycles. The summed E-state index contributed by atoms with van der Waals surface area (Å²) in [6.07, 6.45) is 0. The lowest BCUT2D eigenvalue weighted by atomic mass is 10.2. The number of hydrogen-bond donors (Lipinski definition) is 2. The van der Waals surface area contributed by atoms with Crippen molar-refractivity contribution in [2.45, 2.75) is 6.54 Å². The molecule has 0 fully saturated rings. The Morgan fingerprint density at radius 1 is 1.44 bits per heavy atom. The van der Waals surface area contributed by atoms with E-state index in [0.717, 1.165) is 10.0 Å². The molecule has 1 aromatic heterocycles. The fourth-order valence-electron chi connectivity index (χ4n) is 1.61. The molecule has 0 amide bonds. The zero-order chi connectivity index (χ0) is 13.1. The predicted octanol–water partition coefficient (Wildman–Crippen LogP) is 2.51. The van der Waals surface area contributed by atoms with E-state index in [0.29, 0.717) is 18.2 Å². The maximum absolute atomic E-state index is 9.71. The van der Waals surface area contributed by atoms with Crippen molar-refractivity contribution in [2.75, 3.05) is 12.4 Å². The molecule has 2 N–H and O–H groups in total. The number of phenols is 1. The number of phenolic OH excluding ortho intramolecular Hbond substituents is 1. The molecule has 0 radical (unpaired) electrons. The molecule has 0 aliphatic rings. The van der Waals surface area contributed by atoms with Crippen LogP contribution in [0.3, 0.4) is 0 Å². The van der Waals surface area contributed by atoms with Gasteiger partial charge in [0.05, 0.1) is 7.11 Å². The summed E-state index contributed by atoms with van der Waals surface area (Å²) < 4.78 is 7.69. The summed E-state index contributed by atoms with van der Waals surface area (Å²) in [5.41, 5.74) is 0.800. The number of aromatic nitrogens is 2. The van der Waals surface area contributed by atoms with Gasteiger partial charge in [0.2, 0.25) is 5.88 Å². The number of nitrogens with one attached hydrogen (secondary N) is 1. The highest BCUT2D eigenvalue weighted by molar-refractivity contribution is 9.10. The number of aryl methyl sites for hydroxylation is 1. The third kappa shape index (κ3) is 2.76. The Labute approximate surface area is 114 Å². The molecule has 0 atom stereocenters. The van der Waals surface area contributed by atoms with Gasteiger partial charge in [0, 0.05) is 29.7 Å². The van der Waals surface area contributed by atoms with Gasteiger partial charge in [0.15, 0.2) is 5.82 Å². The summed E-state index contributed by atoms with van der Waals surface area (Å²) in [5.74, 6) is 1.64. The van der Waals surface area contributed by atoms with Crippen LogP contribution in [0, 0.1) is 0 Å². The lowest BCUT2D eigenvalue weighted by Gasteiger charge is -2.06. The first-order chi connectivity index (χ1) is 8.60. The first-order valence-corrected chi connectivity index (χ1v) is 6.18. The van der Waals surface area contributed by atoms with Gasteiger partial charge in [-0.3, -0.25) is 0 Å². The van der Waals surface area contributed by atoms with Gasteiger partial charge in [-0.05, 0) is 18.2 Å². The second-order valence-corrected chi connectivity index (χ2v) is 4.74. The van der Waals surface area contributed by atoms with Crippen molar-refractivity contribution in [1.29, 1.82) is 0 Å². The lowest BCUT2D eigenvalue weighted by Crippen LogP contribution is -2.01. The van der Waals surface area contributed by atoms with E-state index in [1.165, 1.54) is 0 Å². The molecule has 2 aromatic rings. The molecule has 0 bridgehead atoms. The van der Waals surface area contributed by atoms with Crippen molar-refractivity contribution in [3.05, 3.63) is 34.3 Å². The van der Waals surface area contributed by atoms with Crippen LogP contribution >= 0.6 is 15.9 Å². The first-order valence-electron chi connectivity index (χ1n) is 5.39.